The van der Waals surface area contributed by atoms with E-state index in [4.69, 9.17) is 4.74 Å². The summed E-state index contributed by atoms with van der Waals surface area (Å²) < 4.78 is 5.85. The van der Waals surface area contributed by atoms with Crippen LogP contribution in [0.5, 0.6) is 0 Å². The van der Waals surface area contributed by atoms with Crippen molar-refractivity contribution in [3.8, 4) is 0 Å². The smallest absolute Gasteiger partial charge is 0.310 e. The van der Waals surface area contributed by atoms with Gasteiger partial charge in [0, 0.05) is 5.92 Å². The Balaban J connectivity index is 1.32. The quantitative estimate of drug-likeness (QED) is 0.291. The normalized spacial score (nSPS) is 52.8. The number of hydrogen-bond acceptors (Lipinski definition) is 6. The molecule has 1 heterocycles. The van der Waals surface area contributed by atoms with Crippen molar-refractivity contribution >= 4 is 11.8 Å². The van der Waals surface area contributed by atoms with Gasteiger partial charge in [0.05, 0.1) is 11.5 Å². The number of allylic oxidation sites excluding steroid dienone is 2. The first-order valence-corrected chi connectivity index (χ1v) is 17.4. The Hall–Kier alpha value is -1.28. The molecular formula is C37H58O7. The van der Waals surface area contributed by atoms with E-state index in [1.165, 1.54) is 5.57 Å². The van der Waals surface area contributed by atoms with Gasteiger partial charge in [-0.05, 0) is 116 Å². The molecule has 0 amide bonds. The third-order valence-corrected chi connectivity index (χ3v) is 15.6. The second-order valence-corrected chi connectivity index (χ2v) is 18.2. The molecule has 5 aliphatic carbocycles. The summed E-state index contributed by atoms with van der Waals surface area (Å²) >= 11 is 0. The Morgan fingerprint density at radius 2 is 1.48 bits per heavy atom. The van der Waals surface area contributed by atoms with Crippen LogP contribution in [0.1, 0.15) is 120 Å². The van der Waals surface area contributed by atoms with E-state index in [0.717, 1.165) is 57.8 Å². The summed E-state index contributed by atoms with van der Waals surface area (Å²) in [6, 6.07) is 0. The topological polar surface area (TPSA) is 124 Å². The highest BCUT2D eigenvalue weighted by atomic mass is 16.5. The Morgan fingerprint density at radius 1 is 0.818 bits per heavy atom. The van der Waals surface area contributed by atoms with E-state index in [9.17, 15) is 30.0 Å². The number of carbonyl (C=O) groups excluding carboxylic acids is 1. The summed E-state index contributed by atoms with van der Waals surface area (Å²) in [5, 5.41) is 42.1. The van der Waals surface area contributed by atoms with E-state index in [-0.39, 0.29) is 44.7 Å². The van der Waals surface area contributed by atoms with Crippen molar-refractivity contribution in [2.45, 2.75) is 150 Å². The third-order valence-electron chi connectivity index (χ3n) is 15.6. The molecule has 0 aromatic rings. The molecule has 1 aliphatic heterocycles. The highest BCUT2D eigenvalue weighted by molar-refractivity contribution is 5.87. The number of aliphatic hydroxyl groups excluding tert-OH is 3. The molecule has 0 spiro atoms. The summed E-state index contributed by atoms with van der Waals surface area (Å²) in [6.07, 6.45) is 5.54. The van der Waals surface area contributed by atoms with Gasteiger partial charge in [-0.15, -0.1) is 0 Å². The van der Waals surface area contributed by atoms with Crippen LogP contribution >= 0.6 is 0 Å². The zero-order valence-electron chi connectivity index (χ0n) is 28.4. The molecule has 6 rings (SSSR count). The van der Waals surface area contributed by atoms with Crippen molar-refractivity contribution in [2.75, 3.05) is 0 Å². The van der Waals surface area contributed by atoms with E-state index in [1.807, 2.05) is 0 Å². The summed E-state index contributed by atoms with van der Waals surface area (Å²) in [5.74, 6) is -0.227. The summed E-state index contributed by atoms with van der Waals surface area (Å²) in [5.41, 5.74) is 0.605. The van der Waals surface area contributed by atoms with Gasteiger partial charge < -0.3 is 25.2 Å². The number of carboxylic acids is 1. The zero-order chi connectivity index (χ0) is 32.4. The minimum absolute atomic E-state index is 0.0144. The largest absolute Gasteiger partial charge is 0.481 e. The molecule has 0 aromatic carbocycles. The van der Waals surface area contributed by atoms with Gasteiger partial charge >= 0.3 is 5.97 Å². The van der Waals surface area contributed by atoms with Crippen molar-refractivity contribution in [3.05, 3.63) is 11.6 Å². The lowest BCUT2D eigenvalue weighted by Crippen LogP contribution is -2.66. The van der Waals surface area contributed by atoms with Gasteiger partial charge in [0.25, 0.3) is 0 Å². The van der Waals surface area contributed by atoms with Crippen molar-refractivity contribution < 1.29 is 34.8 Å². The van der Waals surface area contributed by atoms with Crippen LogP contribution in [0.4, 0.5) is 0 Å². The lowest BCUT2D eigenvalue weighted by molar-refractivity contribution is -0.225. The first-order chi connectivity index (χ1) is 20.3. The fourth-order valence-electron chi connectivity index (χ4n) is 12.6. The second-order valence-electron chi connectivity index (χ2n) is 18.2. The highest BCUT2D eigenvalue weighted by Crippen LogP contribution is 2.76. The van der Waals surface area contributed by atoms with Crippen LogP contribution in [0, 0.1) is 56.2 Å². The first-order valence-electron chi connectivity index (χ1n) is 17.4. The SMILES string of the molecule is CC1O[C@@H](C(=O)[C@H]2CC[C@@]3(C)C(CC[C@]4(C)C3CC=C3C5CC(C)(C)CC[C@]5(C(=O)O)CC[C@]34C)C2(C)C)C(O)[C@@H](O)[C@@H]1O. The zero-order valence-corrected chi connectivity index (χ0v) is 28.4. The Morgan fingerprint density at radius 3 is 2.14 bits per heavy atom. The summed E-state index contributed by atoms with van der Waals surface area (Å²) in [6.45, 7) is 18.2. The number of aliphatic hydroxyl groups is 3. The predicted octanol–water partition coefficient (Wildman–Crippen LogP) is 5.93. The van der Waals surface area contributed by atoms with Gasteiger partial charge in [-0.3, -0.25) is 9.59 Å². The number of carboxylic acid groups (broad SMARTS) is 1. The maximum Gasteiger partial charge on any atom is 0.310 e. The lowest BCUT2D eigenvalue weighted by atomic mass is 9.33. The molecule has 0 aromatic heterocycles. The van der Waals surface area contributed by atoms with Crippen LogP contribution in [0.2, 0.25) is 0 Å². The van der Waals surface area contributed by atoms with E-state index in [2.05, 4.69) is 54.5 Å². The summed E-state index contributed by atoms with van der Waals surface area (Å²) in [7, 11) is 0. The number of rotatable bonds is 3. The molecule has 248 valence electrons. The number of Topliss-reactive ketones (excluding diaryl/α,β-unsaturated/α-hetero) is 1. The number of fused-ring (bicyclic) bond motifs is 7. The molecule has 6 aliphatic rings. The van der Waals surface area contributed by atoms with Crippen molar-refractivity contribution in [3.63, 3.8) is 0 Å². The van der Waals surface area contributed by atoms with Crippen LogP contribution < -0.4 is 0 Å². The second kappa shape index (κ2) is 10.1. The van der Waals surface area contributed by atoms with Crippen LogP contribution in [0.25, 0.3) is 0 Å². The van der Waals surface area contributed by atoms with E-state index < -0.39 is 41.9 Å². The average Bonchev–Trinajstić information content (AvgIpc) is 2.93. The van der Waals surface area contributed by atoms with Crippen LogP contribution in [0.3, 0.4) is 0 Å². The minimum Gasteiger partial charge on any atom is -0.481 e. The van der Waals surface area contributed by atoms with Crippen LogP contribution in [-0.4, -0.2) is 62.7 Å². The van der Waals surface area contributed by atoms with E-state index in [1.54, 1.807) is 6.92 Å². The Labute approximate surface area is 264 Å². The molecule has 1 saturated heterocycles. The van der Waals surface area contributed by atoms with Crippen molar-refractivity contribution in [1.82, 2.24) is 0 Å². The molecule has 0 radical (unpaired) electrons. The maximum atomic E-state index is 14.1. The number of carbonyl (C=O) groups is 2. The van der Waals surface area contributed by atoms with E-state index in [0.29, 0.717) is 18.3 Å². The molecule has 5 unspecified atom stereocenters. The highest BCUT2D eigenvalue weighted by Gasteiger charge is 2.70. The molecule has 7 nitrogen and oxygen atoms in total. The maximum absolute atomic E-state index is 14.1. The number of ketones is 1. The van der Waals surface area contributed by atoms with E-state index >= 15 is 0 Å². The standard InChI is InChI=1S/C37H58O7/c1-20-26(38)28(40)29(41)30(44-20)27(39)22-11-13-34(6)24(33(22,4)5)12-14-36(8)25(34)10-9-21-23-19-32(2,3)15-17-37(23,31(42)43)18-16-35(21,36)7/h9,20,22-26,28-30,38,40-41H,10-19H2,1-8H3,(H,42,43)/t20?,22-,23?,24?,25?,26-,28+,29?,30+,34+,35-,36-,37+/m1/s1. The molecule has 0 bridgehead atoms. The number of ether oxygens (including phenoxy) is 1. The van der Waals surface area contributed by atoms with Crippen LogP contribution in [0.15, 0.2) is 11.6 Å². The Kier molecular flexibility index (Phi) is 7.50. The monoisotopic (exact) mass is 614 g/mol. The molecule has 4 saturated carbocycles. The predicted molar refractivity (Wildman–Crippen MR) is 168 cm³/mol. The molecule has 4 N–H and O–H groups in total. The van der Waals surface area contributed by atoms with Crippen LogP contribution in [-0.2, 0) is 14.3 Å². The number of aliphatic carboxylic acids is 1. The first kappa shape index (κ1) is 32.7. The molecular weight excluding hydrogens is 556 g/mol. The van der Waals surface area contributed by atoms with Crippen molar-refractivity contribution in [1.29, 1.82) is 0 Å². The Bertz CT molecular complexity index is 1240. The fourth-order valence-corrected chi connectivity index (χ4v) is 12.6. The molecule has 5 fully saturated rings. The average molecular weight is 615 g/mol. The van der Waals surface area contributed by atoms with Gasteiger partial charge in [0.1, 0.15) is 24.4 Å². The molecule has 13 atom stereocenters. The fraction of sp³-hybridized carbons (Fsp3) is 0.892. The van der Waals surface area contributed by atoms with Gasteiger partial charge in [0.2, 0.25) is 0 Å². The molecule has 7 heteroatoms. The number of hydrogen-bond donors (Lipinski definition) is 4. The van der Waals surface area contributed by atoms with Gasteiger partial charge in [-0.25, -0.2) is 0 Å². The third kappa shape index (κ3) is 4.20. The van der Waals surface area contributed by atoms with Crippen molar-refractivity contribution in [2.24, 2.45) is 56.2 Å². The summed E-state index contributed by atoms with van der Waals surface area (Å²) in [4.78, 5) is 27.0. The van der Waals surface area contributed by atoms with Gasteiger partial charge in [-0.1, -0.05) is 60.1 Å². The van der Waals surface area contributed by atoms with Gasteiger partial charge in [0.15, 0.2) is 5.78 Å². The van der Waals surface area contributed by atoms with Gasteiger partial charge in [-0.2, -0.15) is 0 Å². The minimum atomic E-state index is -1.44. The lowest BCUT2D eigenvalue weighted by Gasteiger charge is -2.71. The molecule has 44 heavy (non-hydrogen) atoms.